The summed E-state index contributed by atoms with van der Waals surface area (Å²) in [7, 11) is -1.13. The van der Waals surface area contributed by atoms with Crippen molar-refractivity contribution in [2.75, 3.05) is 6.61 Å². The van der Waals surface area contributed by atoms with E-state index in [9.17, 15) is 0 Å². The van der Waals surface area contributed by atoms with Crippen LogP contribution in [0, 0.1) is 33.5 Å². The fraction of sp³-hybridized carbons (Fsp3) is 0.652. The predicted molar refractivity (Wildman–Crippen MR) is 216 cm³/mol. The Labute approximate surface area is 307 Å². The average molecular weight is 700 g/mol. The molecule has 5 aliphatic carbocycles. The van der Waals surface area contributed by atoms with Gasteiger partial charge < -0.3 is 4.74 Å². The Kier molecular flexibility index (Phi) is 9.38. The van der Waals surface area contributed by atoms with E-state index in [0.29, 0.717) is 29.4 Å². The second-order valence-electron chi connectivity index (χ2n) is 20.3. The number of allylic oxidation sites excluding steroid dienone is 8. The van der Waals surface area contributed by atoms with Crippen molar-refractivity contribution in [2.45, 2.75) is 151 Å². The second kappa shape index (κ2) is 12.4. The number of halogens is 1. The highest BCUT2D eigenvalue weighted by atomic mass is 35.5. The molecule has 4 atom stereocenters. The molecule has 3 heteroatoms. The van der Waals surface area contributed by atoms with E-state index in [-0.39, 0.29) is 27.6 Å². The first kappa shape index (κ1) is 37.0. The van der Waals surface area contributed by atoms with Crippen LogP contribution in [-0.4, -0.2) is 15.4 Å². The number of benzene rings is 1. The number of hydrogen-bond donors (Lipinski definition) is 0. The minimum absolute atomic E-state index is 0.0174. The third-order valence-electron chi connectivity index (χ3n) is 13.5. The van der Waals surface area contributed by atoms with Gasteiger partial charge in [-0.25, -0.2) is 0 Å². The van der Waals surface area contributed by atoms with E-state index >= 15 is 0 Å². The Balaban J connectivity index is 1.75. The maximum absolute atomic E-state index is 7.29. The monoisotopic (exact) mass is 698 g/mol. The standard InChI is InChI=1S/C46H67ClOSi/c1-15-22-48-40-30(23-28(24-34(40)47)42(4,5)6)32-26-44(9,10)27-33-35(32)37-36(41(33)49(16-2)17-3)31-25-43(7,8)19-18-29(31)38-39(37)46(13,14)21-20-45(38,11)12/h15,20-21,23-24,31-32,36,41,49H,1,16-19,22,25-27H2,2-14H3. The van der Waals surface area contributed by atoms with Gasteiger partial charge in [-0.15, -0.1) is 0 Å². The molecule has 0 heterocycles. The van der Waals surface area contributed by atoms with Crippen molar-refractivity contribution >= 4 is 20.4 Å². The smallest absolute Gasteiger partial charge is 0.142 e. The summed E-state index contributed by atoms with van der Waals surface area (Å²) in [6.45, 7) is 36.7. The van der Waals surface area contributed by atoms with Crippen LogP contribution in [0.15, 0.2) is 70.4 Å². The zero-order valence-corrected chi connectivity index (χ0v) is 35.3. The van der Waals surface area contributed by atoms with Crippen LogP contribution in [0.1, 0.15) is 139 Å². The van der Waals surface area contributed by atoms with E-state index < -0.39 is 8.80 Å². The summed E-state index contributed by atoms with van der Waals surface area (Å²) in [6, 6.07) is 7.41. The SMILES string of the molecule is C=CCOc1c(Cl)cc(C(C)(C)C)cc1C1CC(C)(C)CC2=C1C1=C3C(=C4CCC(C)(C)CC4C1C2[SiH](CC)CC)C(C)(C)C=CC3(C)C. The minimum atomic E-state index is -1.13. The number of fused-ring (bicyclic) bond motifs is 5. The van der Waals surface area contributed by atoms with Crippen LogP contribution in [-0.2, 0) is 5.41 Å². The maximum Gasteiger partial charge on any atom is 0.142 e. The van der Waals surface area contributed by atoms with E-state index in [1.54, 1.807) is 22.3 Å². The van der Waals surface area contributed by atoms with Gasteiger partial charge in [0.15, 0.2) is 0 Å². The minimum Gasteiger partial charge on any atom is -0.488 e. The normalized spacial score (nSPS) is 29.4. The van der Waals surface area contributed by atoms with Crippen molar-refractivity contribution in [3.05, 3.63) is 86.5 Å². The van der Waals surface area contributed by atoms with Gasteiger partial charge in [0.05, 0.1) is 5.02 Å². The summed E-state index contributed by atoms with van der Waals surface area (Å²) in [5.74, 6) is 2.36. The molecule has 0 aromatic heterocycles. The lowest BCUT2D eigenvalue weighted by Gasteiger charge is -2.53. The molecule has 1 aromatic rings. The first-order chi connectivity index (χ1) is 22.7. The Bertz CT molecular complexity index is 1650. The van der Waals surface area contributed by atoms with Crippen LogP contribution in [0.3, 0.4) is 0 Å². The van der Waals surface area contributed by atoms with Crippen molar-refractivity contribution in [1.82, 2.24) is 0 Å². The molecule has 0 radical (unpaired) electrons. The Hall–Kier alpha value is -1.77. The van der Waals surface area contributed by atoms with Gasteiger partial charge in [-0.3, -0.25) is 0 Å². The van der Waals surface area contributed by atoms with Crippen molar-refractivity contribution in [3.63, 3.8) is 0 Å². The molecule has 268 valence electrons. The van der Waals surface area contributed by atoms with E-state index in [1.165, 1.54) is 48.9 Å². The third kappa shape index (κ3) is 6.26. The molecule has 4 unspecified atom stereocenters. The summed E-state index contributed by atoms with van der Waals surface area (Å²) in [5.41, 5.74) is 14.4. The van der Waals surface area contributed by atoms with Crippen LogP contribution in [0.25, 0.3) is 0 Å². The van der Waals surface area contributed by atoms with Gasteiger partial charge in [-0.05, 0) is 99.6 Å². The van der Waals surface area contributed by atoms with Gasteiger partial charge in [0, 0.05) is 31.1 Å². The number of hydrogen-bond acceptors (Lipinski definition) is 1. The van der Waals surface area contributed by atoms with Gasteiger partial charge in [0.25, 0.3) is 0 Å². The van der Waals surface area contributed by atoms with Crippen molar-refractivity contribution < 1.29 is 4.74 Å². The zero-order chi connectivity index (χ0) is 36.1. The molecule has 0 amide bonds. The van der Waals surface area contributed by atoms with Crippen LogP contribution in [0.4, 0.5) is 0 Å². The first-order valence-electron chi connectivity index (χ1n) is 19.7. The van der Waals surface area contributed by atoms with Crippen molar-refractivity contribution in [1.29, 1.82) is 0 Å². The first-order valence-corrected chi connectivity index (χ1v) is 22.4. The molecule has 0 saturated heterocycles. The molecule has 0 bridgehead atoms. The quantitative estimate of drug-likeness (QED) is 0.203. The lowest BCUT2D eigenvalue weighted by molar-refractivity contribution is 0.185. The highest BCUT2D eigenvalue weighted by molar-refractivity contribution is 6.61. The zero-order valence-electron chi connectivity index (χ0n) is 33.4. The molecule has 5 aliphatic rings. The van der Waals surface area contributed by atoms with E-state index in [4.69, 9.17) is 16.3 Å². The fourth-order valence-corrected chi connectivity index (χ4v) is 15.0. The number of ether oxygens (including phenoxy) is 1. The van der Waals surface area contributed by atoms with Gasteiger partial charge >= 0.3 is 0 Å². The molecule has 0 N–H and O–H groups in total. The Morgan fingerprint density at radius 1 is 0.878 bits per heavy atom. The average Bonchev–Trinajstić information content (AvgIpc) is 3.31. The van der Waals surface area contributed by atoms with Gasteiger partial charge in [0.2, 0.25) is 0 Å². The van der Waals surface area contributed by atoms with Crippen molar-refractivity contribution in [2.24, 2.45) is 33.5 Å². The van der Waals surface area contributed by atoms with E-state index in [2.05, 4.69) is 121 Å². The molecule has 6 rings (SSSR count). The summed E-state index contributed by atoms with van der Waals surface area (Å²) in [6.07, 6.45) is 13.2. The summed E-state index contributed by atoms with van der Waals surface area (Å²) in [4.78, 5) is 0. The molecular weight excluding hydrogens is 632 g/mol. The molecule has 0 spiro atoms. The highest BCUT2D eigenvalue weighted by Crippen LogP contribution is 2.71. The Morgan fingerprint density at radius 3 is 2.10 bits per heavy atom. The van der Waals surface area contributed by atoms with Gasteiger partial charge in [-0.1, -0.05) is 156 Å². The molecule has 49 heavy (non-hydrogen) atoms. The molecule has 1 fully saturated rings. The van der Waals surface area contributed by atoms with Gasteiger partial charge in [0.1, 0.15) is 12.4 Å². The molecule has 1 aromatic carbocycles. The fourth-order valence-electron chi connectivity index (χ4n) is 11.2. The molecule has 1 saturated carbocycles. The lowest BCUT2D eigenvalue weighted by Crippen LogP contribution is -2.42. The summed E-state index contributed by atoms with van der Waals surface area (Å²) < 4.78 is 6.60. The van der Waals surface area contributed by atoms with Gasteiger partial charge in [-0.2, -0.15) is 0 Å². The third-order valence-corrected chi connectivity index (χ3v) is 17.7. The van der Waals surface area contributed by atoms with Crippen LogP contribution < -0.4 is 4.74 Å². The van der Waals surface area contributed by atoms with Crippen LogP contribution in [0.2, 0.25) is 22.7 Å². The van der Waals surface area contributed by atoms with E-state index in [0.717, 1.165) is 17.2 Å². The lowest BCUT2D eigenvalue weighted by atomic mass is 9.52. The molecule has 0 aliphatic heterocycles. The molecular formula is C46H67ClOSi. The Morgan fingerprint density at radius 2 is 1.51 bits per heavy atom. The number of rotatable bonds is 7. The maximum atomic E-state index is 7.29. The van der Waals surface area contributed by atoms with Crippen molar-refractivity contribution in [3.8, 4) is 5.75 Å². The largest absolute Gasteiger partial charge is 0.488 e. The summed E-state index contributed by atoms with van der Waals surface area (Å²) in [5, 5.41) is 0.746. The second-order valence-corrected chi connectivity index (χ2v) is 24.6. The summed E-state index contributed by atoms with van der Waals surface area (Å²) >= 11 is 7.29. The predicted octanol–water partition coefficient (Wildman–Crippen LogP) is 13.7. The highest BCUT2D eigenvalue weighted by Gasteiger charge is 2.58. The van der Waals surface area contributed by atoms with Crippen LogP contribution in [0.5, 0.6) is 5.75 Å². The topological polar surface area (TPSA) is 9.23 Å². The van der Waals surface area contributed by atoms with Crippen LogP contribution >= 0.6 is 11.6 Å². The molecule has 1 nitrogen and oxygen atoms in total. The van der Waals surface area contributed by atoms with E-state index in [1.807, 2.05) is 17.2 Å².